The summed E-state index contributed by atoms with van der Waals surface area (Å²) in [5, 5.41) is 4.84. The summed E-state index contributed by atoms with van der Waals surface area (Å²) in [6.07, 6.45) is 2.60. The van der Waals surface area contributed by atoms with Crippen LogP contribution in [-0.2, 0) is 0 Å². The van der Waals surface area contributed by atoms with Crippen molar-refractivity contribution in [3.8, 4) is 0 Å². The van der Waals surface area contributed by atoms with Crippen LogP contribution < -0.4 is 15.6 Å². The minimum Gasteiger partial charge on any atom is -0.0733 e. The third-order valence-electron chi connectivity index (χ3n) is 8.14. The summed E-state index contributed by atoms with van der Waals surface area (Å²) in [7, 11) is -3.58. The van der Waals surface area contributed by atoms with Gasteiger partial charge in [0.2, 0.25) is 0 Å². The fraction of sp³-hybridized carbons (Fsp3) is 0.429. The van der Waals surface area contributed by atoms with E-state index in [1.54, 1.807) is 21.1 Å². The second-order valence-corrected chi connectivity index (χ2v) is 20.5. The van der Waals surface area contributed by atoms with Gasteiger partial charge in [-0.25, -0.2) is 0 Å². The molecule has 1 aliphatic carbocycles. The fourth-order valence-electron chi connectivity index (χ4n) is 5.39. The van der Waals surface area contributed by atoms with Crippen LogP contribution in [0.25, 0.3) is 0 Å². The lowest BCUT2D eigenvalue weighted by atomic mass is 10.0. The van der Waals surface area contributed by atoms with Crippen molar-refractivity contribution in [2.45, 2.75) is 79.7 Å². The van der Waals surface area contributed by atoms with Gasteiger partial charge in [0.15, 0.2) is 0 Å². The van der Waals surface area contributed by atoms with Crippen molar-refractivity contribution < 1.29 is 0 Å². The van der Waals surface area contributed by atoms with Crippen LogP contribution >= 0.6 is 0 Å². The molecule has 0 saturated heterocycles. The summed E-state index contributed by atoms with van der Waals surface area (Å²) < 4.78 is 0. The zero-order chi connectivity index (χ0) is 22.6. The van der Waals surface area contributed by atoms with Crippen molar-refractivity contribution in [3.63, 3.8) is 0 Å². The summed E-state index contributed by atoms with van der Waals surface area (Å²) in [6.45, 7) is 26.5. The number of rotatable bonds is 4. The molecule has 0 fully saturated rings. The fourth-order valence-corrected chi connectivity index (χ4v) is 12.0. The molecule has 0 amide bonds. The SMILES string of the molecule is CC1=CC(C)([Si](C)(c2cc(C)cc([Si](C)(C)C)c2)c2cccc(C)c2C)C(C)=C1C. The first-order valence-electron chi connectivity index (χ1n) is 11.3. The number of hydrogen-bond donors (Lipinski definition) is 0. The zero-order valence-electron chi connectivity index (χ0n) is 21.0. The molecule has 0 saturated carbocycles. The maximum Gasteiger partial charge on any atom is 0.128 e. The molecular formula is C28H40Si2. The van der Waals surface area contributed by atoms with Crippen molar-refractivity contribution >= 4 is 31.7 Å². The van der Waals surface area contributed by atoms with E-state index in [9.17, 15) is 0 Å². The summed E-state index contributed by atoms with van der Waals surface area (Å²) >= 11 is 0. The molecule has 2 aromatic carbocycles. The smallest absolute Gasteiger partial charge is 0.0733 e. The molecule has 0 heterocycles. The van der Waals surface area contributed by atoms with E-state index in [-0.39, 0.29) is 5.04 Å². The molecule has 0 N–H and O–H groups in total. The van der Waals surface area contributed by atoms with Crippen molar-refractivity contribution in [1.29, 1.82) is 0 Å². The average molecular weight is 433 g/mol. The quantitative estimate of drug-likeness (QED) is 0.490. The van der Waals surface area contributed by atoms with Gasteiger partial charge >= 0.3 is 0 Å². The predicted molar refractivity (Wildman–Crippen MR) is 141 cm³/mol. The minimum absolute atomic E-state index is 0.0736. The summed E-state index contributed by atoms with van der Waals surface area (Å²) in [5.41, 5.74) is 8.80. The standard InChI is InChI=1S/C28H40Si2/c1-19-15-25(29(8,9)10)17-26(16-19)30(11,27-14-12-13-20(2)23(27)5)28(7)18-21(3)22(4)24(28)6/h12-18H,1-11H3. The van der Waals surface area contributed by atoms with Crippen molar-refractivity contribution in [3.05, 3.63) is 75.9 Å². The van der Waals surface area contributed by atoms with Gasteiger partial charge in [0.25, 0.3) is 0 Å². The minimum atomic E-state index is -2.17. The van der Waals surface area contributed by atoms with Crippen molar-refractivity contribution in [2.75, 3.05) is 0 Å². The molecule has 2 aromatic rings. The van der Waals surface area contributed by atoms with Crippen molar-refractivity contribution in [2.24, 2.45) is 0 Å². The molecule has 0 aromatic heterocycles. The van der Waals surface area contributed by atoms with Gasteiger partial charge in [0, 0.05) is 5.04 Å². The third-order valence-corrected chi connectivity index (χ3v) is 15.8. The molecule has 0 spiro atoms. The van der Waals surface area contributed by atoms with Crippen LogP contribution in [0, 0.1) is 20.8 Å². The Balaban J connectivity index is 2.45. The van der Waals surface area contributed by atoms with Gasteiger partial charge in [-0.1, -0.05) is 108 Å². The van der Waals surface area contributed by atoms with Crippen LogP contribution in [0.5, 0.6) is 0 Å². The lowest BCUT2D eigenvalue weighted by Gasteiger charge is -2.45. The Bertz CT molecular complexity index is 1060. The van der Waals surface area contributed by atoms with Gasteiger partial charge < -0.3 is 0 Å². The second kappa shape index (κ2) is 7.49. The molecule has 1 aliphatic rings. The Morgan fingerprint density at radius 1 is 0.767 bits per heavy atom. The monoisotopic (exact) mass is 432 g/mol. The average Bonchev–Trinajstić information content (AvgIpc) is 2.86. The van der Waals surface area contributed by atoms with E-state index < -0.39 is 16.1 Å². The molecule has 0 bridgehead atoms. The highest BCUT2D eigenvalue weighted by Crippen LogP contribution is 2.53. The second-order valence-electron chi connectivity index (χ2n) is 11.0. The number of hydrogen-bond acceptors (Lipinski definition) is 0. The van der Waals surface area contributed by atoms with E-state index in [1.807, 2.05) is 0 Å². The lowest BCUT2D eigenvalue weighted by Crippen LogP contribution is -2.64. The number of aryl methyl sites for hydroxylation is 2. The number of benzene rings is 2. The van der Waals surface area contributed by atoms with E-state index in [0.29, 0.717) is 0 Å². The Morgan fingerprint density at radius 2 is 1.37 bits per heavy atom. The summed E-state index contributed by atoms with van der Waals surface area (Å²) in [4.78, 5) is 0. The molecule has 30 heavy (non-hydrogen) atoms. The molecule has 2 heteroatoms. The Morgan fingerprint density at radius 3 is 1.90 bits per heavy atom. The van der Waals surface area contributed by atoms with Crippen LogP contribution in [-0.4, -0.2) is 16.1 Å². The van der Waals surface area contributed by atoms with Crippen molar-refractivity contribution in [1.82, 2.24) is 0 Å². The van der Waals surface area contributed by atoms with E-state index in [1.165, 1.54) is 27.8 Å². The summed E-state index contributed by atoms with van der Waals surface area (Å²) in [5.74, 6) is 0. The molecule has 2 unspecified atom stereocenters. The highest BCUT2D eigenvalue weighted by atomic mass is 28.3. The Labute approximate surface area is 187 Å². The van der Waals surface area contributed by atoms with Gasteiger partial charge in [-0.05, 0) is 58.2 Å². The van der Waals surface area contributed by atoms with Crippen LogP contribution in [0.1, 0.15) is 44.4 Å². The highest BCUT2D eigenvalue weighted by Gasteiger charge is 2.52. The zero-order valence-corrected chi connectivity index (χ0v) is 23.0. The molecule has 0 aliphatic heterocycles. The molecule has 0 nitrogen and oxygen atoms in total. The van der Waals surface area contributed by atoms with Crippen LogP contribution in [0.15, 0.2) is 59.2 Å². The normalized spacial score (nSPS) is 21.6. The molecule has 2 atom stereocenters. The molecule has 3 rings (SSSR count). The lowest BCUT2D eigenvalue weighted by molar-refractivity contribution is 0.864. The van der Waals surface area contributed by atoms with Crippen LogP contribution in [0.4, 0.5) is 0 Å². The highest BCUT2D eigenvalue weighted by molar-refractivity contribution is 7.05. The Kier molecular flexibility index (Phi) is 5.75. The predicted octanol–water partition coefficient (Wildman–Crippen LogP) is 6.41. The molecule has 0 radical (unpaired) electrons. The topological polar surface area (TPSA) is 0 Å². The van der Waals surface area contributed by atoms with Gasteiger partial charge in [0.1, 0.15) is 8.07 Å². The van der Waals surface area contributed by atoms with E-state index in [4.69, 9.17) is 0 Å². The maximum absolute atomic E-state index is 2.63. The largest absolute Gasteiger partial charge is 0.128 e. The number of allylic oxidation sites excluding steroid dienone is 4. The van der Waals surface area contributed by atoms with Crippen LogP contribution in [0.2, 0.25) is 31.2 Å². The van der Waals surface area contributed by atoms with Crippen LogP contribution in [0.3, 0.4) is 0 Å². The van der Waals surface area contributed by atoms with E-state index in [2.05, 4.69) is 117 Å². The maximum atomic E-state index is 2.63. The molecular weight excluding hydrogens is 392 g/mol. The van der Waals surface area contributed by atoms with Gasteiger partial charge in [-0.15, -0.1) is 0 Å². The van der Waals surface area contributed by atoms with Gasteiger partial charge in [0.05, 0.1) is 8.07 Å². The summed E-state index contributed by atoms with van der Waals surface area (Å²) in [6, 6.07) is 14.5. The molecule has 160 valence electrons. The van der Waals surface area contributed by atoms with Gasteiger partial charge in [-0.3, -0.25) is 0 Å². The first-order valence-corrected chi connectivity index (χ1v) is 17.3. The third kappa shape index (κ3) is 3.42. The van der Waals surface area contributed by atoms with E-state index >= 15 is 0 Å². The first-order chi connectivity index (χ1) is 13.7. The Hall–Kier alpha value is -1.65. The van der Waals surface area contributed by atoms with E-state index in [0.717, 1.165) is 0 Å². The van der Waals surface area contributed by atoms with Gasteiger partial charge in [-0.2, -0.15) is 0 Å². The first kappa shape index (κ1) is 23.0.